The summed E-state index contributed by atoms with van der Waals surface area (Å²) in [6.45, 7) is 6.45. The predicted octanol–water partition coefficient (Wildman–Crippen LogP) is 2.60. The second kappa shape index (κ2) is 8.28. The van der Waals surface area contributed by atoms with E-state index in [4.69, 9.17) is 4.74 Å². The molecule has 122 valence electrons. The Labute approximate surface area is 134 Å². The Kier molecular flexibility index (Phi) is 6.68. The Bertz CT molecular complexity index is 344. The number of guanidine groups is 1. The summed E-state index contributed by atoms with van der Waals surface area (Å²) in [5, 5.41) is 4.40. The summed E-state index contributed by atoms with van der Waals surface area (Å²) in [6.07, 6.45) is 6.43. The van der Waals surface area contributed by atoms with E-state index in [-0.39, 0.29) is 0 Å². The van der Waals surface area contributed by atoms with Gasteiger partial charge in [0.1, 0.15) is 0 Å². The normalized spacial score (nSPS) is 25.6. The van der Waals surface area contributed by atoms with Crippen LogP contribution >= 0.6 is 11.8 Å². The fourth-order valence-electron chi connectivity index (χ4n) is 3.27. The first-order chi connectivity index (χ1) is 10.2. The molecule has 0 aromatic rings. The molecule has 0 spiro atoms. The van der Waals surface area contributed by atoms with E-state index < -0.39 is 0 Å². The van der Waals surface area contributed by atoms with E-state index in [9.17, 15) is 0 Å². The predicted molar refractivity (Wildman–Crippen MR) is 92.2 cm³/mol. The number of hydrogen-bond acceptors (Lipinski definition) is 3. The molecule has 1 atom stereocenters. The molecule has 0 amide bonds. The highest BCUT2D eigenvalue weighted by molar-refractivity contribution is 8.00. The summed E-state index contributed by atoms with van der Waals surface area (Å²) < 4.78 is 5.28. The zero-order chi connectivity index (χ0) is 15.1. The van der Waals surface area contributed by atoms with Crippen LogP contribution in [0.15, 0.2) is 4.99 Å². The highest BCUT2D eigenvalue weighted by Crippen LogP contribution is 2.43. The van der Waals surface area contributed by atoms with E-state index in [0.717, 1.165) is 37.5 Å². The lowest BCUT2D eigenvalue weighted by Crippen LogP contribution is -2.51. The van der Waals surface area contributed by atoms with Crippen molar-refractivity contribution in [2.24, 2.45) is 10.4 Å². The second-order valence-electron chi connectivity index (χ2n) is 6.34. The maximum Gasteiger partial charge on any atom is 0.193 e. The lowest BCUT2D eigenvalue weighted by atomic mass is 9.67. The minimum atomic E-state index is 0.445. The summed E-state index contributed by atoms with van der Waals surface area (Å²) in [5.74, 6) is 2.31. The molecule has 0 bridgehead atoms. The van der Waals surface area contributed by atoms with E-state index in [1.807, 2.05) is 7.05 Å². The zero-order valence-electron chi connectivity index (χ0n) is 13.9. The third-order valence-corrected chi connectivity index (χ3v) is 6.35. The van der Waals surface area contributed by atoms with Crippen LogP contribution in [0.3, 0.4) is 0 Å². The molecule has 0 aromatic heterocycles. The first-order valence-electron chi connectivity index (χ1n) is 8.29. The Balaban J connectivity index is 1.84. The third kappa shape index (κ3) is 4.52. The molecule has 2 aliphatic rings. The Morgan fingerprint density at radius 3 is 2.86 bits per heavy atom. The average molecular weight is 314 g/mol. The van der Waals surface area contributed by atoms with Gasteiger partial charge in [0.2, 0.25) is 0 Å². The number of methoxy groups -OCH3 is 1. The van der Waals surface area contributed by atoms with Crippen LogP contribution in [0.1, 0.15) is 39.0 Å². The number of nitrogens with one attached hydrogen (secondary N) is 1. The molecular weight excluding hydrogens is 282 g/mol. The molecule has 2 rings (SSSR count). The van der Waals surface area contributed by atoms with Gasteiger partial charge in [0.05, 0.1) is 0 Å². The maximum absolute atomic E-state index is 5.28. The smallest absolute Gasteiger partial charge is 0.193 e. The van der Waals surface area contributed by atoms with Crippen molar-refractivity contribution in [1.82, 2.24) is 10.2 Å². The summed E-state index contributed by atoms with van der Waals surface area (Å²) in [5.41, 5.74) is 0.445. The molecule has 0 radical (unpaired) electrons. The number of thioether (sulfide) groups is 1. The van der Waals surface area contributed by atoms with E-state index >= 15 is 0 Å². The molecule has 2 fully saturated rings. The fourth-order valence-corrected chi connectivity index (χ4v) is 4.45. The van der Waals surface area contributed by atoms with Crippen LogP contribution < -0.4 is 5.32 Å². The van der Waals surface area contributed by atoms with Crippen molar-refractivity contribution < 1.29 is 4.74 Å². The van der Waals surface area contributed by atoms with Gasteiger partial charge < -0.3 is 15.0 Å². The number of hydrogen-bond donors (Lipinski definition) is 1. The fraction of sp³-hybridized carbons (Fsp3) is 0.938. The van der Waals surface area contributed by atoms with Crippen molar-refractivity contribution in [3.05, 3.63) is 0 Å². The summed E-state index contributed by atoms with van der Waals surface area (Å²) in [6, 6.07) is 0. The summed E-state index contributed by atoms with van der Waals surface area (Å²) in [4.78, 5) is 6.95. The van der Waals surface area contributed by atoms with Crippen LogP contribution in [0.5, 0.6) is 0 Å². The van der Waals surface area contributed by atoms with Gasteiger partial charge in [-0.15, -0.1) is 0 Å². The molecule has 21 heavy (non-hydrogen) atoms. The van der Waals surface area contributed by atoms with Gasteiger partial charge >= 0.3 is 0 Å². The van der Waals surface area contributed by atoms with Crippen LogP contribution in [0, 0.1) is 5.41 Å². The lowest BCUT2D eigenvalue weighted by Gasteiger charge is -2.43. The summed E-state index contributed by atoms with van der Waals surface area (Å²) in [7, 11) is 3.71. The van der Waals surface area contributed by atoms with Gasteiger partial charge in [0.15, 0.2) is 5.96 Å². The van der Waals surface area contributed by atoms with Crippen molar-refractivity contribution in [3.63, 3.8) is 0 Å². The van der Waals surface area contributed by atoms with E-state index in [0.29, 0.717) is 5.41 Å². The number of rotatable bonds is 6. The highest BCUT2D eigenvalue weighted by atomic mass is 32.2. The molecule has 1 N–H and O–H groups in total. The van der Waals surface area contributed by atoms with E-state index in [1.54, 1.807) is 7.11 Å². The standard InChI is InChI=1S/C16H31N3OS/c1-4-14-12-19(9-11-21-14)15(17-2)18-13-16(6-5-7-16)8-10-20-3/h14H,4-13H2,1-3H3,(H,17,18). The molecule has 1 saturated heterocycles. The van der Waals surface area contributed by atoms with Gasteiger partial charge in [0, 0.05) is 51.4 Å². The van der Waals surface area contributed by atoms with Crippen LogP contribution in [0.2, 0.25) is 0 Å². The van der Waals surface area contributed by atoms with Gasteiger partial charge in [-0.1, -0.05) is 13.3 Å². The summed E-state index contributed by atoms with van der Waals surface area (Å²) >= 11 is 2.10. The van der Waals surface area contributed by atoms with Crippen LogP contribution in [0.4, 0.5) is 0 Å². The lowest BCUT2D eigenvalue weighted by molar-refractivity contribution is 0.0726. The number of nitrogens with zero attached hydrogens (tertiary/aromatic N) is 2. The zero-order valence-corrected chi connectivity index (χ0v) is 14.7. The molecule has 1 aliphatic heterocycles. The molecule has 4 nitrogen and oxygen atoms in total. The Morgan fingerprint density at radius 2 is 2.29 bits per heavy atom. The number of aliphatic imine (C=N–C) groups is 1. The van der Waals surface area contributed by atoms with E-state index in [2.05, 4.69) is 33.9 Å². The Hall–Kier alpha value is -0.420. The largest absolute Gasteiger partial charge is 0.385 e. The molecule has 1 heterocycles. The molecule has 5 heteroatoms. The van der Waals surface area contributed by atoms with Gasteiger partial charge in [-0.3, -0.25) is 4.99 Å². The van der Waals surface area contributed by atoms with Gasteiger partial charge in [0.25, 0.3) is 0 Å². The van der Waals surface area contributed by atoms with Gasteiger partial charge in [-0.25, -0.2) is 0 Å². The maximum atomic E-state index is 5.28. The molecule has 1 saturated carbocycles. The molecular formula is C16H31N3OS. The molecule has 1 unspecified atom stereocenters. The van der Waals surface area contributed by atoms with Crippen LogP contribution in [-0.2, 0) is 4.74 Å². The van der Waals surface area contributed by atoms with Crippen LogP contribution in [-0.4, -0.2) is 62.3 Å². The average Bonchev–Trinajstić information content (AvgIpc) is 2.49. The third-order valence-electron chi connectivity index (χ3n) is 4.98. The quantitative estimate of drug-likeness (QED) is 0.604. The Morgan fingerprint density at radius 1 is 1.48 bits per heavy atom. The molecule has 1 aliphatic carbocycles. The minimum absolute atomic E-state index is 0.445. The van der Waals surface area contributed by atoms with Crippen molar-refractivity contribution in [1.29, 1.82) is 0 Å². The SMILES string of the molecule is CCC1CN(C(=NC)NCC2(CCOC)CCC2)CCS1. The van der Waals surface area contributed by atoms with Gasteiger partial charge in [-0.05, 0) is 31.1 Å². The first kappa shape index (κ1) is 16.9. The second-order valence-corrected chi connectivity index (χ2v) is 7.75. The number of ether oxygens (including phenoxy) is 1. The molecule has 0 aromatic carbocycles. The van der Waals surface area contributed by atoms with Crippen molar-refractivity contribution >= 4 is 17.7 Å². The van der Waals surface area contributed by atoms with Crippen molar-refractivity contribution in [2.75, 3.05) is 46.2 Å². The van der Waals surface area contributed by atoms with Crippen molar-refractivity contribution in [3.8, 4) is 0 Å². The van der Waals surface area contributed by atoms with Crippen LogP contribution in [0.25, 0.3) is 0 Å². The first-order valence-corrected chi connectivity index (χ1v) is 9.34. The topological polar surface area (TPSA) is 36.9 Å². The van der Waals surface area contributed by atoms with E-state index in [1.165, 1.54) is 37.9 Å². The highest BCUT2D eigenvalue weighted by Gasteiger charge is 2.37. The van der Waals surface area contributed by atoms with Crippen molar-refractivity contribution in [2.45, 2.75) is 44.3 Å². The monoisotopic (exact) mass is 313 g/mol. The minimum Gasteiger partial charge on any atom is -0.385 e. The van der Waals surface area contributed by atoms with Gasteiger partial charge in [-0.2, -0.15) is 11.8 Å².